The van der Waals surface area contributed by atoms with Gasteiger partial charge in [-0.3, -0.25) is 0 Å². The number of fused-ring (bicyclic) bond motifs is 9. The van der Waals surface area contributed by atoms with E-state index in [1.165, 1.54) is 81.8 Å². The van der Waals surface area contributed by atoms with Gasteiger partial charge in [0.05, 0.1) is 5.69 Å². The van der Waals surface area contributed by atoms with Crippen LogP contribution >= 0.6 is 11.3 Å². The Morgan fingerprint density at radius 1 is 0.547 bits per heavy atom. The molecule has 318 valence electrons. The maximum Gasteiger partial charge on any atom is 0.268 e. The predicted octanol–water partition coefficient (Wildman–Crippen LogP) is 15.0. The molecule has 1 aliphatic carbocycles. The topological polar surface area (TPSA) is 15.7 Å². The van der Waals surface area contributed by atoms with E-state index in [1.807, 2.05) is 11.3 Å². The van der Waals surface area contributed by atoms with Gasteiger partial charge in [0.25, 0.3) is 6.71 Å². The van der Waals surface area contributed by atoms with Crippen molar-refractivity contribution in [2.24, 2.45) is 0 Å². The maximum atomic E-state index is 7.32. The van der Waals surface area contributed by atoms with Gasteiger partial charge in [0.2, 0.25) is 0 Å². The van der Waals surface area contributed by atoms with Crippen LogP contribution in [0.15, 0.2) is 146 Å². The summed E-state index contributed by atoms with van der Waals surface area (Å²) in [4.78, 5) is 4.95. The average molecular weight is 853 g/mol. The first kappa shape index (κ1) is 40.7. The Balaban J connectivity index is 1.14. The molecule has 64 heavy (non-hydrogen) atoms. The summed E-state index contributed by atoms with van der Waals surface area (Å²) in [5, 5.41) is 1.32. The molecule has 7 aromatic carbocycles. The van der Waals surface area contributed by atoms with E-state index in [-0.39, 0.29) is 28.4 Å². The van der Waals surface area contributed by atoms with Gasteiger partial charge in [-0.25, -0.2) is 0 Å². The SMILES string of the molecule is CC(C)(C)c1ccc(N2c3cc(C(C)(C)C)cc4c3B(c3cc5c(cc3O4)-c3ccc(N(c4ccccc4)c4ccccc4)cc3C5(C)C)c3sc4ccc(C(C)(C)C)cc4c32)cc1. The van der Waals surface area contributed by atoms with Gasteiger partial charge in [0.1, 0.15) is 11.5 Å². The minimum Gasteiger partial charge on any atom is -0.458 e. The normalized spacial score (nSPS) is 14.7. The molecule has 3 heterocycles. The van der Waals surface area contributed by atoms with Crippen LogP contribution in [0.4, 0.5) is 34.1 Å². The molecule has 0 bridgehead atoms. The lowest BCUT2D eigenvalue weighted by Crippen LogP contribution is -2.58. The van der Waals surface area contributed by atoms with E-state index in [1.54, 1.807) is 0 Å². The molecule has 0 amide bonds. The number of benzene rings is 7. The summed E-state index contributed by atoms with van der Waals surface area (Å²) in [6.07, 6.45) is 0. The molecule has 0 N–H and O–H groups in total. The zero-order valence-corrected chi connectivity index (χ0v) is 40.0. The summed E-state index contributed by atoms with van der Waals surface area (Å²) >= 11 is 1.96. The highest BCUT2D eigenvalue weighted by molar-refractivity contribution is 7.33. The lowest BCUT2D eigenvalue weighted by Gasteiger charge is -2.40. The van der Waals surface area contributed by atoms with Gasteiger partial charge < -0.3 is 14.5 Å². The fourth-order valence-corrected chi connectivity index (χ4v) is 11.8. The highest BCUT2D eigenvalue weighted by Crippen LogP contribution is 2.54. The van der Waals surface area contributed by atoms with E-state index in [2.05, 4.69) is 232 Å². The third kappa shape index (κ3) is 6.29. The first-order valence-electron chi connectivity index (χ1n) is 23.0. The van der Waals surface area contributed by atoms with Crippen molar-refractivity contribution in [2.45, 2.75) is 97.8 Å². The summed E-state index contributed by atoms with van der Waals surface area (Å²) in [6.45, 7) is 25.6. The van der Waals surface area contributed by atoms with Crippen LogP contribution in [0.5, 0.6) is 11.5 Å². The Bertz CT molecular complexity index is 3120. The van der Waals surface area contributed by atoms with Crippen LogP contribution in [0.1, 0.15) is 104 Å². The summed E-state index contributed by atoms with van der Waals surface area (Å²) in [6, 6.07) is 54.7. The molecular weight excluding hydrogens is 796 g/mol. The minimum absolute atomic E-state index is 0.00498. The van der Waals surface area contributed by atoms with Crippen molar-refractivity contribution in [1.29, 1.82) is 0 Å². The number of anilines is 6. The second-order valence-corrected chi connectivity index (χ2v) is 23.0. The van der Waals surface area contributed by atoms with Gasteiger partial charge >= 0.3 is 0 Å². The summed E-state index contributed by atoms with van der Waals surface area (Å²) in [5.74, 6) is 1.92. The van der Waals surface area contributed by atoms with Gasteiger partial charge in [-0.2, -0.15) is 0 Å². The Morgan fingerprint density at radius 3 is 1.78 bits per heavy atom. The molecule has 0 unspecified atom stereocenters. The van der Waals surface area contributed by atoms with Crippen molar-refractivity contribution in [3.8, 4) is 22.6 Å². The van der Waals surface area contributed by atoms with Gasteiger partial charge in [0.15, 0.2) is 0 Å². The molecule has 5 heteroatoms. The Hall–Kier alpha value is -6.04. The molecule has 8 aromatic rings. The number of rotatable bonds is 4. The molecule has 0 saturated carbocycles. The summed E-state index contributed by atoms with van der Waals surface area (Å²) < 4.78 is 10.0. The fraction of sp³-hybridized carbons (Fsp3) is 0.254. The second-order valence-electron chi connectivity index (χ2n) is 21.9. The van der Waals surface area contributed by atoms with Crippen molar-refractivity contribution in [3.05, 3.63) is 173 Å². The fourth-order valence-electron chi connectivity index (χ4n) is 10.5. The quantitative estimate of drug-likeness (QED) is 0.164. The summed E-state index contributed by atoms with van der Waals surface area (Å²) in [7, 11) is 0. The second kappa shape index (κ2) is 14.0. The first-order chi connectivity index (χ1) is 30.4. The monoisotopic (exact) mass is 852 g/mol. The molecule has 0 radical (unpaired) electrons. The molecule has 2 aliphatic heterocycles. The molecule has 3 nitrogen and oxygen atoms in total. The van der Waals surface area contributed by atoms with Crippen LogP contribution < -0.4 is 30.2 Å². The van der Waals surface area contributed by atoms with Crippen LogP contribution in [0.3, 0.4) is 0 Å². The average Bonchev–Trinajstić information content (AvgIpc) is 3.74. The van der Waals surface area contributed by atoms with Gasteiger partial charge in [-0.1, -0.05) is 143 Å². The van der Waals surface area contributed by atoms with Crippen molar-refractivity contribution >= 4 is 78.0 Å². The van der Waals surface area contributed by atoms with Crippen LogP contribution in [-0.2, 0) is 21.7 Å². The predicted molar refractivity (Wildman–Crippen MR) is 276 cm³/mol. The third-order valence-electron chi connectivity index (χ3n) is 14.2. The van der Waals surface area contributed by atoms with Gasteiger partial charge in [-0.15, -0.1) is 11.3 Å². The van der Waals surface area contributed by atoms with Crippen LogP contribution in [0.2, 0.25) is 0 Å². The Kier molecular flexibility index (Phi) is 8.90. The van der Waals surface area contributed by atoms with Crippen LogP contribution in [-0.4, -0.2) is 6.71 Å². The van der Waals surface area contributed by atoms with E-state index in [9.17, 15) is 0 Å². The largest absolute Gasteiger partial charge is 0.458 e. The zero-order chi connectivity index (χ0) is 44.7. The molecule has 3 aliphatic rings. The standard InChI is InChI=1S/C59H57BN2OS/c1-56(2,3)36-22-25-41(26-23-36)62-49-31-38(58(7,8)9)32-51-53(49)60(55-54(62)45-30-37(57(4,5)6)24-29-52(45)64-55)48-35-47-44(34-50(48)63-51)43-28-27-42(33-46(43)59(47,10)11)61(39-18-14-12-15-19-39)40-20-16-13-17-21-40/h12-35H,1-11H3. The van der Waals surface area contributed by atoms with Gasteiger partial charge in [0, 0.05) is 48.7 Å². The van der Waals surface area contributed by atoms with Crippen molar-refractivity contribution in [1.82, 2.24) is 0 Å². The van der Waals surface area contributed by atoms with E-state index in [4.69, 9.17) is 4.74 Å². The maximum absolute atomic E-state index is 7.32. The number of ether oxygens (including phenoxy) is 1. The molecule has 0 fully saturated rings. The van der Waals surface area contributed by atoms with Gasteiger partial charge in [-0.05, 0) is 145 Å². The molecule has 1 aromatic heterocycles. The van der Waals surface area contributed by atoms with Crippen molar-refractivity contribution in [3.63, 3.8) is 0 Å². The van der Waals surface area contributed by atoms with Crippen LogP contribution in [0, 0.1) is 0 Å². The Labute approximate surface area is 384 Å². The van der Waals surface area contributed by atoms with E-state index < -0.39 is 0 Å². The van der Waals surface area contributed by atoms with E-state index in [0.717, 1.165) is 28.6 Å². The van der Waals surface area contributed by atoms with Crippen molar-refractivity contribution in [2.75, 3.05) is 9.80 Å². The zero-order valence-electron chi connectivity index (χ0n) is 39.1. The first-order valence-corrected chi connectivity index (χ1v) is 23.8. The number of para-hydroxylation sites is 2. The number of nitrogens with zero attached hydrogens (tertiary/aromatic N) is 2. The third-order valence-corrected chi connectivity index (χ3v) is 15.4. The molecule has 0 saturated heterocycles. The molecule has 11 rings (SSSR count). The highest BCUT2D eigenvalue weighted by atomic mass is 32.1. The Morgan fingerprint density at radius 2 is 1.16 bits per heavy atom. The van der Waals surface area contributed by atoms with Crippen molar-refractivity contribution < 1.29 is 4.74 Å². The van der Waals surface area contributed by atoms with E-state index in [0.29, 0.717) is 0 Å². The molecule has 0 spiro atoms. The number of hydrogen-bond acceptors (Lipinski definition) is 4. The lowest BCUT2D eigenvalue weighted by atomic mass is 9.36. The number of hydrogen-bond donors (Lipinski definition) is 0. The van der Waals surface area contributed by atoms with Crippen LogP contribution in [0.25, 0.3) is 21.2 Å². The number of thiophene rings is 1. The molecule has 0 atom stereocenters. The smallest absolute Gasteiger partial charge is 0.268 e. The summed E-state index contributed by atoms with van der Waals surface area (Å²) in [5.41, 5.74) is 18.5. The lowest BCUT2D eigenvalue weighted by molar-refractivity contribution is 0.483. The van der Waals surface area contributed by atoms with E-state index >= 15 is 0 Å². The minimum atomic E-state index is -0.256. The highest BCUT2D eigenvalue weighted by Gasteiger charge is 2.47. The molecular formula is C59H57BN2OS.